The summed E-state index contributed by atoms with van der Waals surface area (Å²) in [5.41, 5.74) is 3.16. The van der Waals surface area contributed by atoms with Crippen LogP contribution in [0.1, 0.15) is 23.4 Å². The largest absolute Gasteiger partial charge is 0.326 e. The van der Waals surface area contributed by atoms with Gasteiger partial charge in [-0.2, -0.15) is 0 Å². The number of aromatic nitrogens is 2. The number of nitrogens with zero attached hydrogens (tertiary/aromatic N) is 3. The third-order valence-corrected chi connectivity index (χ3v) is 6.44. The molecular weight excluding hydrogens is 384 g/mol. The molecular formula is C18H24N4O3S2. The smallest absolute Gasteiger partial charge is 0.242 e. The van der Waals surface area contributed by atoms with E-state index in [1.807, 2.05) is 20.1 Å². The number of hydrogen-bond donors (Lipinski definition) is 1. The van der Waals surface area contributed by atoms with Gasteiger partial charge < -0.3 is 5.32 Å². The minimum atomic E-state index is -3.54. The van der Waals surface area contributed by atoms with Crippen LogP contribution in [0.4, 0.5) is 5.69 Å². The zero-order valence-corrected chi connectivity index (χ0v) is 17.7. The SMILES string of the molecule is CSc1nc(C)c(CCC(=O)Nc2cccc(S(=O)(=O)N(C)C)c2)c(C)n1. The van der Waals surface area contributed by atoms with Crippen LogP contribution >= 0.6 is 11.8 Å². The van der Waals surface area contributed by atoms with Gasteiger partial charge in [0.2, 0.25) is 15.9 Å². The second-order valence-corrected chi connectivity index (χ2v) is 9.15. The Kier molecular flexibility index (Phi) is 6.96. The van der Waals surface area contributed by atoms with Gasteiger partial charge in [0.1, 0.15) is 0 Å². The minimum absolute atomic E-state index is 0.137. The van der Waals surface area contributed by atoms with Crippen molar-refractivity contribution in [3.8, 4) is 0 Å². The molecule has 27 heavy (non-hydrogen) atoms. The quantitative estimate of drug-likeness (QED) is 0.559. The van der Waals surface area contributed by atoms with Crippen LogP contribution in [0.25, 0.3) is 0 Å². The molecule has 1 heterocycles. The number of anilines is 1. The molecule has 0 aliphatic heterocycles. The Morgan fingerprint density at radius 2 is 1.81 bits per heavy atom. The molecule has 0 unspecified atom stereocenters. The Morgan fingerprint density at radius 3 is 2.37 bits per heavy atom. The highest BCUT2D eigenvalue weighted by Gasteiger charge is 2.18. The van der Waals surface area contributed by atoms with Crippen LogP contribution in [0.5, 0.6) is 0 Å². The summed E-state index contributed by atoms with van der Waals surface area (Å²) in [5, 5.41) is 3.48. The Bertz CT molecular complexity index is 920. The first-order valence-corrected chi connectivity index (χ1v) is 11.0. The lowest BCUT2D eigenvalue weighted by molar-refractivity contribution is -0.116. The third kappa shape index (κ3) is 5.27. The maximum absolute atomic E-state index is 12.3. The summed E-state index contributed by atoms with van der Waals surface area (Å²) < 4.78 is 25.5. The van der Waals surface area contributed by atoms with E-state index in [-0.39, 0.29) is 17.2 Å². The van der Waals surface area contributed by atoms with E-state index in [0.29, 0.717) is 12.1 Å². The number of carbonyl (C=O) groups is 1. The maximum atomic E-state index is 12.3. The van der Waals surface area contributed by atoms with Gasteiger partial charge in [0.15, 0.2) is 5.16 Å². The van der Waals surface area contributed by atoms with Gasteiger partial charge in [0.25, 0.3) is 0 Å². The summed E-state index contributed by atoms with van der Waals surface area (Å²) in [5.74, 6) is -0.192. The van der Waals surface area contributed by atoms with Gasteiger partial charge >= 0.3 is 0 Å². The van der Waals surface area contributed by atoms with Crippen molar-refractivity contribution in [3.05, 3.63) is 41.2 Å². The molecule has 2 aromatic rings. The Labute approximate surface area is 164 Å². The van der Waals surface area contributed by atoms with E-state index in [1.165, 1.54) is 38.0 Å². The minimum Gasteiger partial charge on any atom is -0.326 e. The summed E-state index contributed by atoms with van der Waals surface area (Å²) in [7, 11) is -0.609. The van der Waals surface area contributed by atoms with Gasteiger partial charge in [-0.1, -0.05) is 17.8 Å². The topological polar surface area (TPSA) is 92.3 Å². The van der Waals surface area contributed by atoms with Gasteiger partial charge in [-0.05, 0) is 50.3 Å². The monoisotopic (exact) mass is 408 g/mol. The number of thioether (sulfide) groups is 1. The molecule has 0 aliphatic carbocycles. The van der Waals surface area contributed by atoms with Crippen molar-refractivity contribution in [2.45, 2.75) is 36.7 Å². The molecule has 0 saturated heterocycles. The van der Waals surface area contributed by atoms with Gasteiger partial charge in [-0.25, -0.2) is 22.7 Å². The summed E-state index contributed by atoms with van der Waals surface area (Å²) in [6.07, 6.45) is 2.70. The third-order valence-electron chi connectivity index (χ3n) is 4.08. The van der Waals surface area contributed by atoms with E-state index in [1.54, 1.807) is 12.1 Å². The highest BCUT2D eigenvalue weighted by Crippen LogP contribution is 2.20. The molecule has 1 aromatic heterocycles. The number of amides is 1. The molecule has 7 nitrogen and oxygen atoms in total. The van der Waals surface area contributed by atoms with E-state index in [4.69, 9.17) is 0 Å². The predicted molar refractivity (Wildman–Crippen MR) is 108 cm³/mol. The lowest BCUT2D eigenvalue weighted by atomic mass is 10.1. The number of carbonyl (C=O) groups excluding carboxylic acids is 1. The average Bonchev–Trinajstić information content (AvgIpc) is 2.60. The van der Waals surface area contributed by atoms with E-state index in [9.17, 15) is 13.2 Å². The van der Waals surface area contributed by atoms with Crippen LogP contribution in [-0.2, 0) is 21.2 Å². The highest BCUT2D eigenvalue weighted by molar-refractivity contribution is 7.98. The van der Waals surface area contributed by atoms with Crippen molar-refractivity contribution in [1.82, 2.24) is 14.3 Å². The summed E-state index contributed by atoms with van der Waals surface area (Å²) in [6.45, 7) is 3.83. The first-order valence-electron chi connectivity index (χ1n) is 8.35. The standard InChI is InChI=1S/C18H24N4O3S2/c1-12-16(13(2)20-18(19-12)26-5)9-10-17(23)21-14-7-6-8-15(11-14)27(24,25)22(3)4/h6-8,11H,9-10H2,1-5H3,(H,21,23). The molecule has 9 heteroatoms. The fourth-order valence-electron chi connectivity index (χ4n) is 2.57. The van der Waals surface area contributed by atoms with Crippen LogP contribution in [0.15, 0.2) is 34.3 Å². The van der Waals surface area contributed by atoms with Crippen molar-refractivity contribution in [3.63, 3.8) is 0 Å². The maximum Gasteiger partial charge on any atom is 0.242 e. The molecule has 0 spiro atoms. The number of rotatable bonds is 7. The van der Waals surface area contributed by atoms with Crippen molar-refractivity contribution in [2.75, 3.05) is 25.7 Å². The molecule has 1 amide bonds. The number of aryl methyl sites for hydroxylation is 2. The molecule has 0 aliphatic rings. The number of sulfonamides is 1. The second kappa shape index (κ2) is 8.81. The van der Waals surface area contributed by atoms with Gasteiger partial charge in [-0.3, -0.25) is 4.79 Å². The molecule has 0 saturated carbocycles. The fraction of sp³-hybridized carbons (Fsp3) is 0.389. The average molecular weight is 409 g/mol. The first kappa shape index (κ1) is 21.3. The van der Waals surface area contributed by atoms with Crippen molar-refractivity contribution >= 4 is 33.4 Å². The summed E-state index contributed by atoms with van der Waals surface area (Å²) >= 11 is 1.48. The highest BCUT2D eigenvalue weighted by atomic mass is 32.2. The zero-order valence-electron chi connectivity index (χ0n) is 16.1. The molecule has 0 atom stereocenters. The van der Waals surface area contributed by atoms with Crippen LogP contribution < -0.4 is 5.32 Å². The normalized spacial score (nSPS) is 11.6. The van der Waals surface area contributed by atoms with Crippen LogP contribution in [0, 0.1) is 13.8 Å². The molecule has 1 aromatic carbocycles. The molecule has 2 rings (SSSR count). The van der Waals surface area contributed by atoms with Crippen molar-refractivity contribution in [2.24, 2.45) is 0 Å². The lowest BCUT2D eigenvalue weighted by Gasteiger charge is -2.13. The summed E-state index contributed by atoms with van der Waals surface area (Å²) in [4.78, 5) is 21.3. The predicted octanol–water partition coefficient (Wildman–Crippen LogP) is 2.64. The summed E-state index contributed by atoms with van der Waals surface area (Å²) in [6, 6.07) is 6.23. The Balaban J connectivity index is 2.07. The van der Waals surface area contributed by atoms with Crippen LogP contribution in [-0.4, -0.2) is 48.9 Å². The molecule has 0 fully saturated rings. The van der Waals surface area contributed by atoms with E-state index in [2.05, 4.69) is 15.3 Å². The second-order valence-electron chi connectivity index (χ2n) is 6.22. The fourth-order valence-corrected chi connectivity index (χ4v) is 3.97. The van der Waals surface area contributed by atoms with Gasteiger partial charge in [-0.15, -0.1) is 0 Å². The number of benzene rings is 1. The number of nitrogens with one attached hydrogen (secondary N) is 1. The molecule has 0 radical (unpaired) electrons. The zero-order chi connectivity index (χ0) is 20.2. The van der Waals surface area contributed by atoms with E-state index in [0.717, 1.165) is 26.4 Å². The Morgan fingerprint density at radius 1 is 1.19 bits per heavy atom. The first-order chi connectivity index (χ1) is 12.6. The lowest BCUT2D eigenvalue weighted by Crippen LogP contribution is -2.22. The van der Waals surface area contributed by atoms with Gasteiger partial charge in [0, 0.05) is 37.6 Å². The molecule has 146 valence electrons. The Hall–Kier alpha value is -1.97. The van der Waals surface area contributed by atoms with Crippen LogP contribution in [0.2, 0.25) is 0 Å². The molecule has 0 bridgehead atoms. The van der Waals surface area contributed by atoms with Crippen molar-refractivity contribution < 1.29 is 13.2 Å². The molecule has 1 N–H and O–H groups in total. The number of hydrogen-bond acceptors (Lipinski definition) is 6. The van der Waals surface area contributed by atoms with Crippen molar-refractivity contribution in [1.29, 1.82) is 0 Å². The van der Waals surface area contributed by atoms with Gasteiger partial charge in [0.05, 0.1) is 4.90 Å². The van der Waals surface area contributed by atoms with E-state index < -0.39 is 10.0 Å². The van der Waals surface area contributed by atoms with E-state index >= 15 is 0 Å². The van der Waals surface area contributed by atoms with Crippen LogP contribution in [0.3, 0.4) is 0 Å².